The Hall–Kier alpha value is -2.56. The average Bonchev–Trinajstić information content (AvgIpc) is 2.38. The summed E-state index contributed by atoms with van der Waals surface area (Å²) in [5.41, 5.74) is 0.577. The van der Waals surface area contributed by atoms with Crippen molar-refractivity contribution in [2.75, 3.05) is 0 Å². The van der Waals surface area contributed by atoms with E-state index in [4.69, 9.17) is 9.52 Å². The third-order valence-corrected chi connectivity index (χ3v) is 2.89. The topological polar surface area (TPSA) is 87.7 Å². The van der Waals surface area contributed by atoms with Crippen LogP contribution in [-0.2, 0) is 6.42 Å². The van der Waals surface area contributed by atoms with E-state index in [9.17, 15) is 14.7 Å². The lowest BCUT2D eigenvalue weighted by molar-refractivity contribution is 0.0663. The number of benzene rings is 1. The fraction of sp³-hybridized carbons (Fsp3) is 0.143. The molecule has 0 aliphatic rings. The summed E-state index contributed by atoms with van der Waals surface area (Å²) in [7, 11) is 0. The average molecular weight is 260 g/mol. The fourth-order valence-corrected chi connectivity index (χ4v) is 1.93. The van der Waals surface area contributed by atoms with Gasteiger partial charge in [0.2, 0.25) is 5.76 Å². The van der Waals surface area contributed by atoms with E-state index in [1.54, 1.807) is 6.07 Å². The van der Waals surface area contributed by atoms with Gasteiger partial charge < -0.3 is 14.6 Å². The molecule has 1 aromatic carbocycles. The molecule has 5 heteroatoms. The van der Waals surface area contributed by atoms with E-state index in [1.165, 1.54) is 6.08 Å². The molecule has 1 aromatic heterocycles. The molecule has 19 heavy (non-hydrogen) atoms. The van der Waals surface area contributed by atoms with Crippen LogP contribution in [0.25, 0.3) is 17.0 Å². The van der Waals surface area contributed by atoms with E-state index in [0.29, 0.717) is 17.5 Å². The third-order valence-electron chi connectivity index (χ3n) is 2.89. The van der Waals surface area contributed by atoms with E-state index >= 15 is 0 Å². The number of aryl methyl sites for hydroxylation is 1. The van der Waals surface area contributed by atoms with Crippen molar-refractivity contribution in [2.24, 2.45) is 0 Å². The number of fused-ring (bicyclic) bond motifs is 1. The number of carboxylic acid groups (broad SMARTS) is 1. The summed E-state index contributed by atoms with van der Waals surface area (Å²) in [4.78, 5) is 22.8. The minimum atomic E-state index is -1.33. The van der Waals surface area contributed by atoms with Crippen LogP contribution in [-0.4, -0.2) is 16.2 Å². The van der Waals surface area contributed by atoms with Crippen molar-refractivity contribution in [3.8, 4) is 5.75 Å². The maximum Gasteiger partial charge on any atom is 0.371 e. The number of phenolic OH excluding ortho intramolecular Hbond substituents is 1. The Kier molecular flexibility index (Phi) is 3.12. The summed E-state index contributed by atoms with van der Waals surface area (Å²) in [5, 5.41) is 18.9. The van der Waals surface area contributed by atoms with Crippen molar-refractivity contribution >= 4 is 23.0 Å². The molecule has 0 saturated heterocycles. The maximum atomic E-state index is 11.9. The van der Waals surface area contributed by atoms with Gasteiger partial charge in [-0.25, -0.2) is 4.79 Å². The Bertz CT molecular complexity index is 740. The largest absolute Gasteiger partial charge is 0.506 e. The second kappa shape index (κ2) is 4.61. The third kappa shape index (κ3) is 1.99. The molecular formula is C14H12O5. The SMILES string of the molecule is C=Cc1cc(CC)c2oc(C(=O)O)cc(=O)c2c1O. The van der Waals surface area contributed by atoms with Crippen LogP contribution in [0.4, 0.5) is 0 Å². The molecule has 2 aromatic rings. The molecular weight excluding hydrogens is 248 g/mol. The monoisotopic (exact) mass is 260 g/mol. The molecule has 1 heterocycles. The standard InChI is InChI=1S/C14H12O5/c1-3-7-5-8(4-2)13-11(12(7)16)9(15)6-10(19-13)14(17)18/h3,5-6,16H,1,4H2,2H3,(H,17,18). The number of carbonyl (C=O) groups is 1. The maximum absolute atomic E-state index is 11.9. The van der Waals surface area contributed by atoms with E-state index in [-0.39, 0.29) is 16.7 Å². The van der Waals surface area contributed by atoms with Crippen LogP contribution in [0.3, 0.4) is 0 Å². The van der Waals surface area contributed by atoms with Crippen molar-refractivity contribution in [3.63, 3.8) is 0 Å². The quantitative estimate of drug-likeness (QED) is 0.884. The highest BCUT2D eigenvalue weighted by Gasteiger charge is 2.17. The van der Waals surface area contributed by atoms with Crippen LogP contribution in [0.5, 0.6) is 5.75 Å². The molecule has 0 spiro atoms. The Morgan fingerprint density at radius 1 is 1.47 bits per heavy atom. The van der Waals surface area contributed by atoms with Gasteiger partial charge in [-0.1, -0.05) is 19.6 Å². The van der Waals surface area contributed by atoms with Crippen LogP contribution in [0.2, 0.25) is 0 Å². The van der Waals surface area contributed by atoms with Gasteiger partial charge in [0.25, 0.3) is 0 Å². The molecule has 0 bridgehead atoms. The molecule has 2 rings (SSSR count). The molecule has 0 aliphatic carbocycles. The van der Waals surface area contributed by atoms with Gasteiger partial charge in [-0.3, -0.25) is 4.79 Å². The van der Waals surface area contributed by atoms with E-state index in [0.717, 1.165) is 6.07 Å². The summed E-state index contributed by atoms with van der Waals surface area (Å²) < 4.78 is 5.21. The van der Waals surface area contributed by atoms with Crippen LogP contribution in [0.1, 0.15) is 28.6 Å². The lowest BCUT2D eigenvalue weighted by atomic mass is 10.0. The first-order valence-corrected chi connectivity index (χ1v) is 5.68. The van der Waals surface area contributed by atoms with E-state index in [1.807, 2.05) is 6.92 Å². The number of aromatic carboxylic acids is 1. The van der Waals surface area contributed by atoms with Crippen molar-refractivity contribution in [1.29, 1.82) is 0 Å². The second-order valence-corrected chi connectivity index (χ2v) is 4.02. The number of hydrogen-bond acceptors (Lipinski definition) is 4. The minimum Gasteiger partial charge on any atom is -0.506 e. The first-order chi connectivity index (χ1) is 8.99. The first-order valence-electron chi connectivity index (χ1n) is 5.68. The first kappa shape index (κ1) is 12.9. The molecule has 98 valence electrons. The zero-order chi connectivity index (χ0) is 14.2. The number of aromatic hydroxyl groups is 1. The number of carboxylic acids is 1. The fourth-order valence-electron chi connectivity index (χ4n) is 1.93. The van der Waals surface area contributed by atoms with E-state index in [2.05, 4.69) is 6.58 Å². The summed E-state index contributed by atoms with van der Waals surface area (Å²) in [6.07, 6.45) is 1.96. The Labute approximate surface area is 108 Å². The highest BCUT2D eigenvalue weighted by Crippen LogP contribution is 2.31. The highest BCUT2D eigenvalue weighted by molar-refractivity contribution is 5.93. The van der Waals surface area contributed by atoms with E-state index < -0.39 is 17.2 Å². The lowest BCUT2D eigenvalue weighted by Gasteiger charge is -2.09. The highest BCUT2D eigenvalue weighted by atomic mass is 16.4. The van der Waals surface area contributed by atoms with Crippen LogP contribution in [0.15, 0.2) is 27.9 Å². The minimum absolute atomic E-state index is 0.0146. The summed E-state index contributed by atoms with van der Waals surface area (Å²) in [6, 6.07) is 2.48. The van der Waals surface area contributed by atoms with Gasteiger partial charge in [-0.2, -0.15) is 0 Å². The Morgan fingerprint density at radius 3 is 2.68 bits per heavy atom. The molecule has 2 N–H and O–H groups in total. The molecule has 0 aliphatic heterocycles. The summed E-state index contributed by atoms with van der Waals surface area (Å²) in [5.74, 6) is -2.01. The van der Waals surface area contributed by atoms with Crippen LogP contribution >= 0.6 is 0 Å². The van der Waals surface area contributed by atoms with Gasteiger partial charge in [0.15, 0.2) is 5.43 Å². The number of hydrogen-bond donors (Lipinski definition) is 2. The van der Waals surface area contributed by atoms with Crippen molar-refractivity contribution in [2.45, 2.75) is 13.3 Å². The molecule has 5 nitrogen and oxygen atoms in total. The Morgan fingerprint density at radius 2 is 2.16 bits per heavy atom. The molecule has 0 fully saturated rings. The van der Waals surface area contributed by atoms with Gasteiger partial charge in [0.1, 0.15) is 16.7 Å². The Balaban J connectivity index is 3.01. The molecule has 0 atom stereocenters. The molecule has 0 radical (unpaired) electrons. The van der Waals surface area contributed by atoms with Gasteiger partial charge in [-0.15, -0.1) is 0 Å². The van der Waals surface area contributed by atoms with Gasteiger partial charge in [0.05, 0.1) is 0 Å². The normalized spacial score (nSPS) is 10.6. The molecule has 0 amide bonds. The number of rotatable bonds is 3. The molecule has 0 unspecified atom stereocenters. The van der Waals surface area contributed by atoms with Crippen LogP contribution < -0.4 is 5.43 Å². The predicted octanol–water partition coefficient (Wildman–Crippen LogP) is 2.40. The van der Waals surface area contributed by atoms with Crippen LogP contribution in [0, 0.1) is 0 Å². The number of phenols is 1. The van der Waals surface area contributed by atoms with Gasteiger partial charge in [-0.05, 0) is 18.1 Å². The second-order valence-electron chi connectivity index (χ2n) is 4.02. The lowest BCUT2D eigenvalue weighted by Crippen LogP contribution is -2.08. The summed E-state index contributed by atoms with van der Waals surface area (Å²) in [6.45, 7) is 5.40. The summed E-state index contributed by atoms with van der Waals surface area (Å²) >= 11 is 0. The van der Waals surface area contributed by atoms with Crippen molar-refractivity contribution < 1.29 is 19.4 Å². The van der Waals surface area contributed by atoms with Gasteiger partial charge in [0, 0.05) is 11.6 Å². The van der Waals surface area contributed by atoms with Crippen molar-refractivity contribution in [1.82, 2.24) is 0 Å². The van der Waals surface area contributed by atoms with Crippen molar-refractivity contribution in [3.05, 3.63) is 45.8 Å². The van der Waals surface area contributed by atoms with Gasteiger partial charge >= 0.3 is 5.97 Å². The zero-order valence-electron chi connectivity index (χ0n) is 10.3. The smallest absolute Gasteiger partial charge is 0.371 e. The zero-order valence-corrected chi connectivity index (χ0v) is 10.3. The molecule has 0 saturated carbocycles. The predicted molar refractivity (Wildman–Crippen MR) is 70.6 cm³/mol.